The predicted molar refractivity (Wildman–Crippen MR) is 112 cm³/mol. The highest BCUT2D eigenvalue weighted by Crippen LogP contribution is 2.35. The number of nitrogen functional groups attached to an aromatic ring is 1. The number of anilines is 3. The molecule has 1 aliphatic rings. The van der Waals surface area contributed by atoms with E-state index in [1.54, 1.807) is 12.4 Å². The van der Waals surface area contributed by atoms with E-state index in [-0.39, 0.29) is 11.8 Å². The zero-order chi connectivity index (χ0) is 20.3. The molecule has 0 saturated heterocycles. The van der Waals surface area contributed by atoms with E-state index >= 15 is 0 Å². The Balaban J connectivity index is 0.00000109. The van der Waals surface area contributed by atoms with Crippen molar-refractivity contribution in [3.8, 4) is 17.7 Å². The van der Waals surface area contributed by atoms with Gasteiger partial charge in [-0.3, -0.25) is 9.78 Å². The monoisotopic (exact) mass is 374 g/mol. The number of benzene rings is 1. The van der Waals surface area contributed by atoms with Crippen molar-refractivity contribution in [2.24, 2.45) is 5.92 Å². The summed E-state index contributed by atoms with van der Waals surface area (Å²) in [6, 6.07) is 7.85. The van der Waals surface area contributed by atoms with Gasteiger partial charge in [-0.15, -0.1) is 0 Å². The lowest BCUT2D eigenvalue weighted by molar-refractivity contribution is -0.117. The number of aromatic nitrogens is 2. The first-order valence-electron chi connectivity index (χ1n) is 8.90. The molecule has 1 fully saturated rings. The lowest BCUT2D eigenvalue weighted by atomic mass is 10.0. The molecule has 7 nitrogen and oxygen atoms in total. The quantitative estimate of drug-likeness (QED) is 0.677. The van der Waals surface area contributed by atoms with Gasteiger partial charge in [0.15, 0.2) is 0 Å². The van der Waals surface area contributed by atoms with Crippen molar-refractivity contribution >= 4 is 33.9 Å². The molecular formula is C21H22N6O. The van der Waals surface area contributed by atoms with E-state index in [1.165, 1.54) is 0 Å². The van der Waals surface area contributed by atoms with Crippen LogP contribution in [-0.2, 0) is 4.79 Å². The third-order valence-electron chi connectivity index (χ3n) is 4.66. The van der Waals surface area contributed by atoms with Crippen molar-refractivity contribution in [3.63, 3.8) is 0 Å². The predicted octanol–water partition coefficient (Wildman–Crippen LogP) is 3.43. The number of nitrogens with zero attached hydrogens (tertiary/aromatic N) is 4. The maximum absolute atomic E-state index is 12.0. The number of carbonyl (C=O) groups is 1. The van der Waals surface area contributed by atoms with E-state index in [4.69, 9.17) is 11.0 Å². The van der Waals surface area contributed by atoms with Crippen LogP contribution in [0.5, 0.6) is 0 Å². The Morgan fingerprint density at radius 2 is 2.00 bits per heavy atom. The van der Waals surface area contributed by atoms with Crippen molar-refractivity contribution in [2.75, 3.05) is 30.0 Å². The summed E-state index contributed by atoms with van der Waals surface area (Å²) in [6.07, 6.45) is 7.26. The van der Waals surface area contributed by atoms with Crippen molar-refractivity contribution < 1.29 is 4.79 Å². The molecule has 0 atom stereocenters. The average Bonchev–Trinajstić information content (AvgIpc) is 3.54. The number of hydrogen-bond acceptors (Lipinski definition) is 6. The van der Waals surface area contributed by atoms with Gasteiger partial charge in [-0.1, -0.05) is 0 Å². The van der Waals surface area contributed by atoms with Crippen LogP contribution in [0.15, 0.2) is 42.9 Å². The van der Waals surface area contributed by atoms with E-state index in [2.05, 4.69) is 27.9 Å². The van der Waals surface area contributed by atoms with Gasteiger partial charge in [-0.25, -0.2) is 10.2 Å². The first-order chi connectivity index (χ1) is 13.5. The molecule has 3 N–H and O–H groups in total. The molecule has 142 valence electrons. The SMILES string of the molecule is C#N.CN(C)c1ccncc1-c1cc(N)c2cnc(NC(=O)C3CC3)cc2c1. The zero-order valence-electron chi connectivity index (χ0n) is 15.9. The van der Waals surface area contributed by atoms with Crippen LogP contribution in [0.25, 0.3) is 21.9 Å². The summed E-state index contributed by atoms with van der Waals surface area (Å²) in [4.78, 5) is 22.6. The topological polar surface area (TPSA) is 108 Å². The summed E-state index contributed by atoms with van der Waals surface area (Å²) in [5, 5.41) is 11.2. The fourth-order valence-electron chi connectivity index (χ4n) is 3.08. The van der Waals surface area contributed by atoms with Crippen LogP contribution in [0.1, 0.15) is 12.8 Å². The minimum absolute atomic E-state index is 0.0446. The molecule has 3 aromatic rings. The second-order valence-electron chi connectivity index (χ2n) is 6.91. The zero-order valence-corrected chi connectivity index (χ0v) is 15.9. The largest absolute Gasteiger partial charge is 0.398 e. The minimum Gasteiger partial charge on any atom is -0.398 e. The first kappa shape index (κ1) is 19.1. The Morgan fingerprint density at radius 1 is 1.25 bits per heavy atom. The second kappa shape index (κ2) is 7.92. The van der Waals surface area contributed by atoms with Gasteiger partial charge in [-0.05, 0) is 48.1 Å². The molecule has 0 spiro atoms. The van der Waals surface area contributed by atoms with Crippen molar-refractivity contribution in [1.29, 1.82) is 5.26 Å². The Morgan fingerprint density at radius 3 is 2.68 bits per heavy atom. The van der Waals surface area contributed by atoms with Gasteiger partial charge in [0, 0.05) is 67.5 Å². The second-order valence-corrected chi connectivity index (χ2v) is 6.91. The van der Waals surface area contributed by atoms with Crippen LogP contribution < -0.4 is 16.0 Å². The lowest BCUT2D eigenvalue weighted by Crippen LogP contribution is -2.14. The van der Waals surface area contributed by atoms with Crippen molar-refractivity contribution in [2.45, 2.75) is 12.8 Å². The molecule has 0 bridgehead atoms. The Bertz CT molecular complexity index is 1040. The Labute approximate surface area is 163 Å². The number of nitrogens with two attached hydrogens (primary N) is 1. The molecular weight excluding hydrogens is 352 g/mol. The summed E-state index contributed by atoms with van der Waals surface area (Å²) in [5.74, 6) is 0.745. The van der Waals surface area contributed by atoms with Crippen LogP contribution in [0, 0.1) is 17.8 Å². The normalized spacial score (nSPS) is 12.7. The molecule has 0 aliphatic heterocycles. The summed E-state index contributed by atoms with van der Waals surface area (Å²) in [6.45, 7) is 3.50. The standard InChI is InChI=1S/C20H21N5O.CHN/c1-25(2)18-5-6-22-10-16(18)13-7-14-9-19(24-20(26)12-3-4-12)23-11-15(14)17(21)8-13;1-2/h5-12H,3-4,21H2,1-2H3,(H,23,24,26);1H. The van der Waals surface area contributed by atoms with E-state index in [1.807, 2.05) is 43.4 Å². The highest BCUT2D eigenvalue weighted by molar-refractivity contribution is 6.00. The maximum Gasteiger partial charge on any atom is 0.228 e. The van der Waals surface area contributed by atoms with Gasteiger partial charge in [0.05, 0.1) is 0 Å². The maximum atomic E-state index is 12.0. The number of pyridine rings is 2. The Hall–Kier alpha value is -3.66. The molecule has 2 aromatic heterocycles. The number of carbonyl (C=O) groups excluding carboxylic acids is 1. The number of fused-ring (bicyclic) bond motifs is 1. The van der Waals surface area contributed by atoms with Gasteiger partial charge in [0.2, 0.25) is 5.91 Å². The lowest BCUT2D eigenvalue weighted by Gasteiger charge is -2.18. The minimum atomic E-state index is 0.0446. The fourth-order valence-corrected chi connectivity index (χ4v) is 3.08. The number of rotatable bonds is 4. The molecule has 1 aliphatic carbocycles. The summed E-state index contributed by atoms with van der Waals surface area (Å²) < 4.78 is 0. The molecule has 0 unspecified atom stereocenters. The number of amides is 1. The molecule has 0 radical (unpaired) electrons. The fraction of sp³-hybridized carbons (Fsp3) is 0.238. The third-order valence-corrected chi connectivity index (χ3v) is 4.66. The third kappa shape index (κ3) is 3.86. The van der Waals surface area contributed by atoms with Crippen LogP contribution in [0.3, 0.4) is 0 Å². The van der Waals surface area contributed by atoms with Crippen molar-refractivity contribution in [3.05, 3.63) is 42.9 Å². The van der Waals surface area contributed by atoms with Crippen LogP contribution >= 0.6 is 0 Å². The Kier molecular flexibility index (Phi) is 5.41. The van der Waals surface area contributed by atoms with Crippen LogP contribution in [0.2, 0.25) is 0 Å². The van der Waals surface area contributed by atoms with Gasteiger partial charge in [0.1, 0.15) is 5.82 Å². The highest BCUT2D eigenvalue weighted by atomic mass is 16.2. The van der Waals surface area contributed by atoms with Crippen LogP contribution in [0.4, 0.5) is 17.2 Å². The molecule has 1 aromatic carbocycles. The summed E-state index contributed by atoms with van der Waals surface area (Å²) in [5.41, 5.74) is 9.97. The van der Waals surface area contributed by atoms with E-state index in [9.17, 15) is 4.79 Å². The summed E-state index contributed by atoms with van der Waals surface area (Å²) >= 11 is 0. The smallest absolute Gasteiger partial charge is 0.228 e. The molecule has 1 saturated carbocycles. The van der Waals surface area contributed by atoms with Crippen molar-refractivity contribution in [1.82, 2.24) is 9.97 Å². The molecule has 1 amide bonds. The van der Waals surface area contributed by atoms with E-state index < -0.39 is 0 Å². The number of nitrogens with one attached hydrogen (secondary N) is 1. The molecule has 28 heavy (non-hydrogen) atoms. The molecule has 4 rings (SSSR count). The average molecular weight is 374 g/mol. The van der Waals surface area contributed by atoms with E-state index in [0.29, 0.717) is 11.5 Å². The molecule has 7 heteroatoms. The first-order valence-corrected chi connectivity index (χ1v) is 8.90. The van der Waals surface area contributed by atoms with E-state index in [0.717, 1.165) is 40.4 Å². The summed E-state index contributed by atoms with van der Waals surface area (Å²) in [7, 11) is 4.00. The van der Waals surface area contributed by atoms with Gasteiger partial charge in [-0.2, -0.15) is 0 Å². The highest BCUT2D eigenvalue weighted by Gasteiger charge is 2.29. The number of nitriles is 1. The number of hydrogen-bond donors (Lipinski definition) is 2. The van der Waals surface area contributed by atoms with Gasteiger partial charge in [0.25, 0.3) is 0 Å². The van der Waals surface area contributed by atoms with Crippen LogP contribution in [-0.4, -0.2) is 30.0 Å². The van der Waals surface area contributed by atoms with Gasteiger partial charge < -0.3 is 16.0 Å². The van der Waals surface area contributed by atoms with Gasteiger partial charge >= 0.3 is 0 Å². The molecule has 2 heterocycles.